The SMILES string of the molecule is CCc1cccc(CC)c1N1C(=O)C2C(c3ccc(Cl)s3)NC(C(=O)O)(C(C)O)C2C1=O. The lowest BCUT2D eigenvalue weighted by Crippen LogP contribution is -2.62. The molecule has 5 atom stereocenters. The Morgan fingerprint density at radius 1 is 1.19 bits per heavy atom. The third-order valence-corrected chi connectivity index (χ3v) is 8.01. The quantitative estimate of drug-likeness (QED) is 0.553. The van der Waals surface area contributed by atoms with Gasteiger partial charge in [0.15, 0.2) is 5.54 Å². The number of nitrogens with zero attached hydrogens (tertiary/aromatic N) is 1. The zero-order valence-corrected chi connectivity index (χ0v) is 19.5. The number of carboxylic acids is 1. The van der Waals surface area contributed by atoms with Gasteiger partial charge in [-0.1, -0.05) is 43.6 Å². The summed E-state index contributed by atoms with van der Waals surface area (Å²) in [5.41, 5.74) is 0.218. The van der Waals surface area contributed by atoms with Gasteiger partial charge in [0.25, 0.3) is 0 Å². The summed E-state index contributed by atoms with van der Waals surface area (Å²) in [6, 6.07) is 8.27. The zero-order chi connectivity index (χ0) is 23.4. The van der Waals surface area contributed by atoms with Crippen LogP contribution in [0.25, 0.3) is 0 Å². The number of benzene rings is 1. The van der Waals surface area contributed by atoms with Crippen LogP contribution in [-0.4, -0.2) is 39.6 Å². The molecule has 5 unspecified atom stereocenters. The van der Waals surface area contributed by atoms with E-state index >= 15 is 0 Å². The van der Waals surface area contributed by atoms with Gasteiger partial charge in [0.05, 0.1) is 34.0 Å². The number of aliphatic hydroxyl groups excluding tert-OH is 1. The molecule has 2 aromatic rings. The van der Waals surface area contributed by atoms with E-state index in [1.54, 1.807) is 12.1 Å². The van der Waals surface area contributed by atoms with Crippen LogP contribution in [-0.2, 0) is 27.2 Å². The van der Waals surface area contributed by atoms with Crippen LogP contribution in [0.3, 0.4) is 0 Å². The fourth-order valence-electron chi connectivity index (χ4n) is 5.16. The number of hydrogen-bond acceptors (Lipinski definition) is 6. The number of thiophene rings is 1. The van der Waals surface area contributed by atoms with Gasteiger partial charge in [-0.25, -0.2) is 4.90 Å². The van der Waals surface area contributed by atoms with E-state index in [1.807, 2.05) is 32.0 Å². The van der Waals surface area contributed by atoms with Crippen LogP contribution in [0, 0.1) is 11.8 Å². The smallest absolute Gasteiger partial charge is 0.327 e. The molecule has 2 fully saturated rings. The summed E-state index contributed by atoms with van der Waals surface area (Å²) >= 11 is 7.33. The van der Waals surface area contributed by atoms with Crippen LogP contribution in [0.5, 0.6) is 0 Å². The highest BCUT2D eigenvalue weighted by Crippen LogP contribution is 2.52. The molecule has 170 valence electrons. The summed E-state index contributed by atoms with van der Waals surface area (Å²) < 4.78 is 0.487. The third kappa shape index (κ3) is 3.12. The Morgan fingerprint density at radius 2 is 1.81 bits per heavy atom. The average Bonchev–Trinajstić information content (AvgIpc) is 3.41. The monoisotopic (exact) mass is 476 g/mol. The second-order valence-corrected chi connectivity index (χ2v) is 10.0. The standard InChI is InChI=1S/C23H25ClN2O5S/c1-4-12-7-6-8-13(5-2)19(12)26-20(28)16-17(21(26)29)23(11(3)27,22(30)31)25-18(16)14-9-10-15(24)32-14/h6-11,16-18,25,27H,4-5H2,1-3H3,(H,30,31). The van der Waals surface area contributed by atoms with Gasteiger partial charge >= 0.3 is 5.97 Å². The molecule has 0 bridgehead atoms. The molecule has 0 saturated carbocycles. The molecule has 32 heavy (non-hydrogen) atoms. The number of halogens is 1. The van der Waals surface area contributed by atoms with Crippen LogP contribution >= 0.6 is 22.9 Å². The van der Waals surface area contributed by atoms with Crippen molar-refractivity contribution in [2.45, 2.75) is 51.3 Å². The van der Waals surface area contributed by atoms with Gasteiger partial charge in [-0.2, -0.15) is 0 Å². The van der Waals surface area contributed by atoms with Crippen LogP contribution in [0.4, 0.5) is 5.69 Å². The lowest BCUT2D eigenvalue weighted by atomic mass is 9.77. The molecule has 1 aromatic heterocycles. The Labute approximate surface area is 195 Å². The number of aliphatic carboxylic acids is 1. The minimum Gasteiger partial charge on any atom is -0.480 e. The summed E-state index contributed by atoms with van der Waals surface area (Å²) in [7, 11) is 0. The first kappa shape index (κ1) is 22.9. The lowest BCUT2D eigenvalue weighted by molar-refractivity contribution is -0.154. The number of para-hydroxylation sites is 1. The molecular formula is C23H25ClN2O5S. The van der Waals surface area contributed by atoms with E-state index in [0.717, 1.165) is 16.0 Å². The Morgan fingerprint density at radius 3 is 2.28 bits per heavy atom. The van der Waals surface area contributed by atoms with Gasteiger partial charge in [-0.3, -0.25) is 19.7 Å². The number of anilines is 1. The van der Waals surface area contributed by atoms with Gasteiger partial charge < -0.3 is 10.2 Å². The molecule has 2 saturated heterocycles. The molecule has 0 radical (unpaired) electrons. The Kier molecular flexibility index (Phi) is 5.92. The highest BCUT2D eigenvalue weighted by molar-refractivity contribution is 7.16. The zero-order valence-electron chi connectivity index (χ0n) is 18.0. The minimum atomic E-state index is -2.00. The van der Waals surface area contributed by atoms with Crippen molar-refractivity contribution in [3.63, 3.8) is 0 Å². The molecular weight excluding hydrogens is 452 g/mol. The fraction of sp³-hybridized carbons (Fsp3) is 0.435. The molecule has 2 aliphatic rings. The van der Waals surface area contributed by atoms with Crippen LogP contribution < -0.4 is 10.2 Å². The number of amides is 2. The van der Waals surface area contributed by atoms with Crippen molar-refractivity contribution in [1.29, 1.82) is 0 Å². The first-order valence-electron chi connectivity index (χ1n) is 10.6. The van der Waals surface area contributed by atoms with Crippen molar-refractivity contribution >= 4 is 46.4 Å². The molecule has 0 aliphatic carbocycles. The number of nitrogens with one attached hydrogen (secondary N) is 1. The maximum absolute atomic E-state index is 13.8. The molecule has 4 rings (SSSR count). The summed E-state index contributed by atoms with van der Waals surface area (Å²) in [6.07, 6.45) is -0.201. The summed E-state index contributed by atoms with van der Waals surface area (Å²) in [4.78, 5) is 41.9. The average molecular weight is 477 g/mol. The first-order chi connectivity index (χ1) is 15.2. The number of rotatable bonds is 6. The Bertz CT molecular complexity index is 1080. The van der Waals surface area contributed by atoms with E-state index in [1.165, 1.54) is 18.3 Å². The van der Waals surface area contributed by atoms with Gasteiger partial charge in [0, 0.05) is 4.88 Å². The number of hydrogen-bond donors (Lipinski definition) is 3. The number of carbonyl (C=O) groups is 3. The maximum atomic E-state index is 13.8. The second kappa shape index (κ2) is 8.26. The molecule has 9 heteroatoms. The van der Waals surface area contributed by atoms with Gasteiger partial charge in [0.1, 0.15) is 0 Å². The normalized spacial score (nSPS) is 28.3. The van der Waals surface area contributed by atoms with Crippen molar-refractivity contribution in [3.05, 3.63) is 50.7 Å². The Balaban J connectivity index is 1.93. The van der Waals surface area contributed by atoms with Crippen LogP contribution in [0.2, 0.25) is 4.34 Å². The number of carbonyl (C=O) groups excluding carboxylic acids is 2. The van der Waals surface area contributed by atoms with Crippen molar-refractivity contribution in [3.8, 4) is 0 Å². The van der Waals surface area contributed by atoms with Crippen LogP contribution in [0.15, 0.2) is 30.3 Å². The van der Waals surface area contributed by atoms with E-state index in [2.05, 4.69) is 5.32 Å². The van der Waals surface area contributed by atoms with Crippen LogP contribution in [0.1, 0.15) is 42.8 Å². The molecule has 3 heterocycles. The summed E-state index contributed by atoms with van der Waals surface area (Å²) in [5.74, 6) is -4.65. The number of aliphatic hydroxyl groups is 1. The van der Waals surface area contributed by atoms with E-state index in [9.17, 15) is 24.6 Å². The highest BCUT2D eigenvalue weighted by atomic mass is 35.5. The minimum absolute atomic E-state index is 0.457. The molecule has 7 nitrogen and oxygen atoms in total. The number of imide groups is 1. The van der Waals surface area contributed by atoms with E-state index < -0.39 is 47.3 Å². The lowest BCUT2D eigenvalue weighted by Gasteiger charge is -2.33. The van der Waals surface area contributed by atoms with Gasteiger partial charge in [-0.15, -0.1) is 11.3 Å². The number of carboxylic acid groups (broad SMARTS) is 1. The van der Waals surface area contributed by atoms with Crippen molar-refractivity contribution < 1.29 is 24.6 Å². The predicted octanol–water partition coefficient (Wildman–Crippen LogP) is 3.18. The highest BCUT2D eigenvalue weighted by Gasteiger charge is 2.70. The number of fused-ring (bicyclic) bond motifs is 1. The molecule has 0 spiro atoms. The van der Waals surface area contributed by atoms with Crippen molar-refractivity contribution in [2.75, 3.05) is 4.90 Å². The first-order valence-corrected chi connectivity index (χ1v) is 11.8. The topological polar surface area (TPSA) is 107 Å². The predicted molar refractivity (Wildman–Crippen MR) is 122 cm³/mol. The summed E-state index contributed by atoms with van der Waals surface area (Å²) in [5, 5.41) is 23.7. The van der Waals surface area contributed by atoms with Gasteiger partial charge in [-0.05, 0) is 43.0 Å². The second-order valence-electron chi connectivity index (χ2n) is 8.26. The molecule has 3 N–H and O–H groups in total. The van der Waals surface area contributed by atoms with E-state index in [4.69, 9.17) is 11.6 Å². The van der Waals surface area contributed by atoms with E-state index in [-0.39, 0.29) is 0 Å². The molecule has 1 aromatic carbocycles. The van der Waals surface area contributed by atoms with Gasteiger partial charge in [0.2, 0.25) is 11.8 Å². The fourth-order valence-corrected chi connectivity index (χ4v) is 6.32. The Hall–Kier alpha value is -2.26. The number of aryl methyl sites for hydroxylation is 2. The largest absolute Gasteiger partial charge is 0.480 e. The van der Waals surface area contributed by atoms with Crippen molar-refractivity contribution in [1.82, 2.24) is 5.32 Å². The summed E-state index contributed by atoms with van der Waals surface area (Å²) in [6.45, 7) is 5.22. The molecule has 2 amide bonds. The van der Waals surface area contributed by atoms with E-state index in [0.29, 0.717) is 27.7 Å². The third-order valence-electron chi connectivity index (χ3n) is 6.70. The van der Waals surface area contributed by atoms with Crippen molar-refractivity contribution in [2.24, 2.45) is 11.8 Å². The molecule has 2 aliphatic heterocycles. The maximum Gasteiger partial charge on any atom is 0.327 e.